The molecule has 1 aliphatic heterocycles. The Labute approximate surface area is 134 Å². The van der Waals surface area contributed by atoms with Crippen LogP contribution in [-0.4, -0.2) is 58.7 Å². The minimum absolute atomic E-state index is 0.118. The first kappa shape index (κ1) is 17.4. The van der Waals surface area contributed by atoms with Crippen LogP contribution in [0.1, 0.15) is 11.3 Å². The largest absolute Gasteiger partial charge is 0.384 e. The van der Waals surface area contributed by atoms with Crippen LogP contribution in [0, 0.1) is 0 Å². The average molecular weight is 348 g/mol. The van der Waals surface area contributed by atoms with Gasteiger partial charge in [0.2, 0.25) is 5.91 Å². The van der Waals surface area contributed by atoms with Crippen LogP contribution in [0.15, 0.2) is 16.3 Å². The van der Waals surface area contributed by atoms with Crippen LogP contribution in [0.4, 0.5) is 0 Å². The SMILES string of the molecule is COCCC(=O)NCc1ccc(S(=O)(=O)N2CCOCC2)s1. The molecule has 0 unspecified atom stereocenters. The molecule has 0 bridgehead atoms. The highest BCUT2D eigenvalue weighted by molar-refractivity contribution is 7.91. The second-order valence-corrected chi connectivity index (χ2v) is 8.09. The number of thiophene rings is 1. The molecule has 0 spiro atoms. The molecule has 1 N–H and O–H groups in total. The lowest BCUT2D eigenvalue weighted by Crippen LogP contribution is -2.40. The maximum absolute atomic E-state index is 12.5. The number of rotatable bonds is 7. The molecule has 1 aliphatic rings. The minimum Gasteiger partial charge on any atom is -0.384 e. The summed E-state index contributed by atoms with van der Waals surface area (Å²) in [4.78, 5) is 12.3. The van der Waals surface area contributed by atoms with Crippen molar-refractivity contribution in [3.05, 3.63) is 17.0 Å². The van der Waals surface area contributed by atoms with Gasteiger partial charge >= 0.3 is 0 Å². The summed E-state index contributed by atoms with van der Waals surface area (Å²) >= 11 is 1.18. The maximum atomic E-state index is 12.5. The third kappa shape index (κ3) is 4.50. The summed E-state index contributed by atoms with van der Waals surface area (Å²) in [6.45, 7) is 2.30. The summed E-state index contributed by atoms with van der Waals surface area (Å²) in [5.74, 6) is -0.118. The van der Waals surface area contributed by atoms with Crippen molar-refractivity contribution < 1.29 is 22.7 Å². The Balaban J connectivity index is 1.94. The molecule has 2 rings (SSSR count). The normalized spacial score (nSPS) is 16.6. The van der Waals surface area contributed by atoms with Crippen LogP contribution in [0.5, 0.6) is 0 Å². The van der Waals surface area contributed by atoms with Gasteiger partial charge in [-0.25, -0.2) is 8.42 Å². The van der Waals surface area contributed by atoms with E-state index in [0.29, 0.717) is 50.1 Å². The molecular weight excluding hydrogens is 328 g/mol. The van der Waals surface area contributed by atoms with E-state index in [1.807, 2.05) is 0 Å². The summed E-state index contributed by atoms with van der Waals surface area (Å²) in [6.07, 6.45) is 0.292. The number of nitrogens with one attached hydrogen (secondary N) is 1. The van der Waals surface area contributed by atoms with Gasteiger partial charge in [0.05, 0.1) is 26.4 Å². The van der Waals surface area contributed by atoms with Crippen LogP contribution >= 0.6 is 11.3 Å². The molecule has 1 aromatic heterocycles. The molecule has 1 fully saturated rings. The van der Waals surface area contributed by atoms with Gasteiger partial charge in [0.15, 0.2) is 0 Å². The predicted octanol–water partition coefficient (Wildman–Crippen LogP) is 0.422. The third-order valence-electron chi connectivity index (χ3n) is 3.19. The van der Waals surface area contributed by atoms with E-state index in [2.05, 4.69) is 5.32 Å². The van der Waals surface area contributed by atoms with E-state index >= 15 is 0 Å². The zero-order chi connectivity index (χ0) is 16.0. The first-order valence-electron chi connectivity index (χ1n) is 6.96. The topological polar surface area (TPSA) is 84.9 Å². The van der Waals surface area contributed by atoms with Gasteiger partial charge in [-0.2, -0.15) is 4.31 Å². The first-order chi connectivity index (χ1) is 10.5. The zero-order valence-corrected chi connectivity index (χ0v) is 14.0. The third-order valence-corrected chi connectivity index (χ3v) is 6.65. The molecule has 0 aliphatic carbocycles. The molecule has 9 heteroatoms. The van der Waals surface area contributed by atoms with Crippen LogP contribution < -0.4 is 5.32 Å². The second-order valence-electron chi connectivity index (χ2n) is 4.76. The predicted molar refractivity (Wildman–Crippen MR) is 82.2 cm³/mol. The zero-order valence-electron chi connectivity index (χ0n) is 12.4. The summed E-state index contributed by atoms with van der Waals surface area (Å²) < 4.78 is 36.6. The highest BCUT2D eigenvalue weighted by Gasteiger charge is 2.27. The number of hydrogen-bond donors (Lipinski definition) is 1. The number of carbonyl (C=O) groups excluding carboxylic acids is 1. The Morgan fingerprint density at radius 1 is 1.41 bits per heavy atom. The number of ether oxygens (including phenoxy) is 2. The fourth-order valence-corrected chi connectivity index (χ4v) is 4.83. The van der Waals surface area contributed by atoms with Crippen molar-refractivity contribution in [1.82, 2.24) is 9.62 Å². The molecule has 1 saturated heterocycles. The number of hydrogen-bond acceptors (Lipinski definition) is 6. The highest BCUT2D eigenvalue weighted by atomic mass is 32.2. The Bertz CT molecular complexity index is 593. The molecule has 124 valence electrons. The second kappa shape index (κ2) is 8.02. The van der Waals surface area contributed by atoms with Crippen molar-refractivity contribution in [3.8, 4) is 0 Å². The van der Waals surface area contributed by atoms with Gasteiger partial charge in [-0.1, -0.05) is 0 Å². The monoisotopic (exact) mass is 348 g/mol. The number of sulfonamides is 1. The Morgan fingerprint density at radius 3 is 2.82 bits per heavy atom. The Morgan fingerprint density at radius 2 is 2.14 bits per heavy atom. The first-order valence-corrected chi connectivity index (χ1v) is 9.22. The standard InChI is InChI=1S/C13H20N2O5S2/c1-19-7-4-12(16)14-10-11-2-3-13(21-11)22(17,18)15-5-8-20-9-6-15/h2-3H,4-10H2,1H3,(H,14,16). The summed E-state index contributed by atoms with van der Waals surface area (Å²) in [5.41, 5.74) is 0. The van der Waals surface area contributed by atoms with Crippen LogP contribution in [0.25, 0.3) is 0 Å². The van der Waals surface area contributed by atoms with E-state index in [0.717, 1.165) is 4.88 Å². The number of morpholine rings is 1. The molecule has 0 aromatic carbocycles. The summed E-state index contributed by atoms with van der Waals surface area (Å²) in [6, 6.07) is 3.32. The van der Waals surface area contributed by atoms with E-state index in [-0.39, 0.29) is 5.91 Å². The van der Waals surface area contributed by atoms with Gasteiger partial charge in [0.1, 0.15) is 4.21 Å². The molecular formula is C13H20N2O5S2. The summed E-state index contributed by atoms with van der Waals surface area (Å²) in [5, 5.41) is 2.74. The molecule has 0 radical (unpaired) electrons. The fraction of sp³-hybridized carbons (Fsp3) is 0.615. The lowest BCUT2D eigenvalue weighted by Gasteiger charge is -2.25. The number of methoxy groups -OCH3 is 1. The van der Waals surface area contributed by atoms with Crippen molar-refractivity contribution >= 4 is 27.3 Å². The fourth-order valence-electron chi connectivity index (χ4n) is 1.97. The lowest BCUT2D eigenvalue weighted by molar-refractivity contribution is -0.122. The van der Waals surface area contributed by atoms with Gasteiger partial charge in [0.25, 0.3) is 10.0 Å². The molecule has 2 heterocycles. The van der Waals surface area contributed by atoms with Gasteiger partial charge in [0, 0.05) is 31.5 Å². The van der Waals surface area contributed by atoms with Gasteiger partial charge < -0.3 is 14.8 Å². The quantitative estimate of drug-likeness (QED) is 0.772. The Hall–Kier alpha value is -1.00. The van der Waals surface area contributed by atoms with Crippen LogP contribution in [-0.2, 0) is 30.8 Å². The van der Waals surface area contributed by atoms with E-state index < -0.39 is 10.0 Å². The molecule has 0 saturated carbocycles. The van der Waals surface area contributed by atoms with Gasteiger partial charge in [-0.05, 0) is 12.1 Å². The maximum Gasteiger partial charge on any atom is 0.252 e. The molecule has 1 aromatic rings. The van der Waals surface area contributed by atoms with Gasteiger partial charge in [-0.3, -0.25) is 4.79 Å². The average Bonchev–Trinajstić information content (AvgIpc) is 3.01. The van der Waals surface area contributed by atoms with Crippen molar-refractivity contribution in [2.24, 2.45) is 0 Å². The summed E-state index contributed by atoms with van der Waals surface area (Å²) in [7, 11) is -1.92. The highest BCUT2D eigenvalue weighted by Crippen LogP contribution is 2.25. The van der Waals surface area contributed by atoms with E-state index in [1.54, 1.807) is 12.1 Å². The van der Waals surface area contributed by atoms with Crippen molar-refractivity contribution in [3.63, 3.8) is 0 Å². The van der Waals surface area contributed by atoms with Crippen LogP contribution in [0.2, 0.25) is 0 Å². The van der Waals surface area contributed by atoms with Gasteiger partial charge in [-0.15, -0.1) is 11.3 Å². The molecule has 0 atom stereocenters. The van der Waals surface area contributed by atoms with Crippen molar-refractivity contribution in [1.29, 1.82) is 0 Å². The van der Waals surface area contributed by atoms with E-state index in [1.165, 1.54) is 22.8 Å². The molecule has 7 nitrogen and oxygen atoms in total. The molecule has 1 amide bonds. The lowest BCUT2D eigenvalue weighted by atomic mass is 10.4. The van der Waals surface area contributed by atoms with Crippen molar-refractivity contribution in [2.45, 2.75) is 17.2 Å². The smallest absolute Gasteiger partial charge is 0.252 e. The van der Waals surface area contributed by atoms with Crippen LogP contribution in [0.3, 0.4) is 0 Å². The molecule has 22 heavy (non-hydrogen) atoms. The van der Waals surface area contributed by atoms with E-state index in [9.17, 15) is 13.2 Å². The minimum atomic E-state index is -3.45. The number of amides is 1. The van der Waals surface area contributed by atoms with Crippen molar-refractivity contribution in [2.75, 3.05) is 40.0 Å². The Kier molecular flexibility index (Phi) is 6.33. The number of carbonyl (C=O) groups is 1. The van der Waals surface area contributed by atoms with E-state index in [4.69, 9.17) is 9.47 Å². The number of nitrogens with zero attached hydrogens (tertiary/aromatic N) is 1.